The molecule has 2 aromatic heterocycles. The van der Waals surface area contributed by atoms with E-state index in [0.29, 0.717) is 6.54 Å². The van der Waals surface area contributed by atoms with Gasteiger partial charge in [-0.25, -0.2) is 4.98 Å². The van der Waals surface area contributed by atoms with Crippen LogP contribution in [-0.2, 0) is 20.0 Å². The SMILES string of the molecule is CN=C(NCc1ccc(N2CCC(C)CC2)nc1)NC(C)Cc1c(C)nn(C)c1C.I. The minimum Gasteiger partial charge on any atom is -0.357 e. The molecule has 0 amide bonds. The summed E-state index contributed by atoms with van der Waals surface area (Å²) in [5.74, 6) is 2.72. The van der Waals surface area contributed by atoms with Crippen molar-refractivity contribution in [2.24, 2.45) is 18.0 Å². The number of nitrogens with one attached hydrogen (secondary N) is 2. The summed E-state index contributed by atoms with van der Waals surface area (Å²) in [4.78, 5) is 11.5. The van der Waals surface area contributed by atoms with Crippen LogP contribution in [0.15, 0.2) is 23.3 Å². The summed E-state index contributed by atoms with van der Waals surface area (Å²) in [5.41, 5.74) is 4.78. The largest absolute Gasteiger partial charge is 0.357 e. The van der Waals surface area contributed by atoms with Crippen molar-refractivity contribution in [3.05, 3.63) is 40.8 Å². The van der Waals surface area contributed by atoms with Crippen molar-refractivity contribution in [3.8, 4) is 0 Å². The van der Waals surface area contributed by atoms with Gasteiger partial charge in [-0.05, 0) is 63.1 Å². The molecule has 1 unspecified atom stereocenters. The van der Waals surface area contributed by atoms with E-state index < -0.39 is 0 Å². The summed E-state index contributed by atoms with van der Waals surface area (Å²) in [7, 11) is 3.80. The maximum absolute atomic E-state index is 4.69. The van der Waals surface area contributed by atoms with E-state index in [9.17, 15) is 0 Å². The molecule has 31 heavy (non-hydrogen) atoms. The second-order valence-corrected chi connectivity index (χ2v) is 8.64. The monoisotopic (exact) mass is 539 g/mol. The van der Waals surface area contributed by atoms with E-state index in [1.807, 2.05) is 17.9 Å². The number of aliphatic imine (C=N–C) groups is 1. The maximum atomic E-state index is 4.69. The highest BCUT2D eigenvalue weighted by molar-refractivity contribution is 14.0. The molecule has 0 aliphatic carbocycles. The Morgan fingerprint density at radius 3 is 2.52 bits per heavy atom. The molecule has 1 atom stereocenters. The van der Waals surface area contributed by atoms with Crippen LogP contribution in [0.1, 0.15) is 49.2 Å². The first kappa shape index (κ1) is 25.4. The number of anilines is 1. The molecule has 1 aliphatic heterocycles. The van der Waals surface area contributed by atoms with E-state index in [-0.39, 0.29) is 30.0 Å². The van der Waals surface area contributed by atoms with Crippen LogP contribution < -0.4 is 15.5 Å². The van der Waals surface area contributed by atoms with Gasteiger partial charge in [-0.2, -0.15) is 5.10 Å². The van der Waals surface area contributed by atoms with Crippen molar-refractivity contribution >= 4 is 35.8 Å². The normalized spacial score (nSPS) is 16.1. The first-order chi connectivity index (χ1) is 14.4. The molecule has 0 spiro atoms. The molecule has 3 heterocycles. The lowest BCUT2D eigenvalue weighted by molar-refractivity contribution is 0.436. The summed E-state index contributed by atoms with van der Waals surface area (Å²) in [6, 6.07) is 4.55. The van der Waals surface area contributed by atoms with Gasteiger partial charge in [0.05, 0.1) is 5.69 Å². The lowest BCUT2D eigenvalue weighted by Gasteiger charge is -2.31. The van der Waals surface area contributed by atoms with Gasteiger partial charge in [0.1, 0.15) is 5.82 Å². The van der Waals surface area contributed by atoms with Gasteiger partial charge in [-0.3, -0.25) is 9.67 Å². The Labute approximate surface area is 204 Å². The smallest absolute Gasteiger partial charge is 0.191 e. The maximum Gasteiger partial charge on any atom is 0.191 e. The van der Waals surface area contributed by atoms with Gasteiger partial charge in [-0.1, -0.05) is 13.0 Å². The molecular formula is C23H38IN7. The van der Waals surface area contributed by atoms with E-state index in [4.69, 9.17) is 0 Å². The van der Waals surface area contributed by atoms with Crippen molar-refractivity contribution in [1.82, 2.24) is 25.4 Å². The number of rotatable bonds is 6. The summed E-state index contributed by atoms with van der Waals surface area (Å²) in [6.45, 7) is 11.6. The predicted octanol–water partition coefficient (Wildman–Crippen LogP) is 3.58. The Hall–Kier alpha value is -1.84. The second kappa shape index (κ2) is 11.7. The highest BCUT2D eigenvalue weighted by Crippen LogP contribution is 2.21. The number of pyridine rings is 1. The molecule has 1 saturated heterocycles. The molecule has 1 aliphatic rings. The van der Waals surface area contributed by atoms with Crippen molar-refractivity contribution < 1.29 is 0 Å². The van der Waals surface area contributed by atoms with Gasteiger partial charge in [0.2, 0.25) is 0 Å². The van der Waals surface area contributed by atoms with E-state index in [0.717, 1.165) is 48.5 Å². The fourth-order valence-electron chi connectivity index (χ4n) is 4.03. The number of aryl methyl sites for hydroxylation is 2. The molecule has 172 valence electrons. The Balaban J connectivity index is 0.00000341. The van der Waals surface area contributed by atoms with E-state index in [2.05, 4.69) is 70.4 Å². The third-order valence-electron chi connectivity index (χ3n) is 6.15. The number of guanidine groups is 1. The number of hydrogen-bond donors (Lipinski definition) is 2. The zero-order chi connectivity index (χ0) is 21.7. The molecule has 0 saturated carbocycles. The minimum atomic E-state index is 0. The first-order valence-electron chi connectivity index (χ1n) is 11.0. The van der Waals surface area contributed by atoms with Crippen molar-refractivity contribution in [1.29, 1.82) is 0 Å². The average Bonchev–Trinajstić information content (AvgIpc) is 2.98. The molecule has 2 aromatic rings. The van der Waals surface area contributed by atoms with Gasteiger partial charge < -0.3 is 15.5 Å². The summed E-state index contributed by atoms with van der Waals surface area (Å²) >= 11 is 0. The van der Waals surface area contributed by atoms with Crippen molar-refractivity contribution in [2.45, 2.75) is 59.5 Å². The molecule has 2 N–H and O–H groups in total. The highest BCUT2D eigenvalue weighted by atomic mass is 127. The highest BCUT2D eigenvalue weighted by Gasteiger charge is 2.17. The van der Waals surface area contributed by atoms with Crippen LogP contribution in [0.25, 0.3) is 0 Å². The lowest BCUT2D eigenvalue weighted by atomic mass is 9.99. The van der Waals surface area contributed by atoms with Crippen LogP contribution in [0, 0.1) is 19.8 Å². The van der Waals surface area contributed by atoms with Crippen molar-refractivity contribution in [3.63, 3.8) is 0 Å². The lowest BCUT2D eigenvalue weighted by Crippen LogP contribution is -2.42. The third-order valence-corrected chi connectivity index (χ3v) is 6.15. The summed E-state index contributed by atoms with van der Waals surface area (Å²) in [6.07, 6.45) is 5.39. The fourth-order valence-corrected chi connectivity index (χ4v) is 4.03. The standard InChI is InChI=1S/C23H37N7.HI/c1-16-9-11-30(12-10-16)22-8-7-20(14-25-22)15-26-23(24-5)27-17(2)13-21-18(3)28-29(6)19(21)4;/h7-8,14,16-17H,9-13,15H2,1-6H3,(H2,24,26,27);1H. The molecule has 7 nitrogen and oxygen atoms in total. The number of halogens is 1. The zero-order valence-corrected chi connectivity index (χ0v) is 22.1. The van der Waals surface area contributed by atoms with Gasteiger partial charge in [-0.15, -0.1) is 24.0 Å². The third kappa shape index (κ3) is 6.82. The van der Waals surface area contributed by atoms with E-state index in [1.54, 1.807) is 7.05 Å². The molecule has 0 bridgehead atoms. The quantitative estimate of drug-likeness (QED) is 0.334. The number of hydrogen-bond acceptors (Lipinski definition) is 4. The Morgan fingerprint density at radius 2 is 1.97 bits per heavy atom. The van der Waals surface area contributed by atoms with E-state index in [1.165, 1.54) is 24.1 Å². The van der Waals surface area contributed by atoms with Crippen LogP contribution in [0.2, 0.25) is 0 Å². The van der Waals surface area contributed by atoms with Crippen LogP contribution in [0.5, 0.6) is 0 Å². The Kier molecular flexibility index (Phi) is 9.58. The molecule has 3 rings (SSSR count). The van der Waals surface area contributed by atoms with Crippen LogP contribution in [-0.4, -0.2) is 46.9 Å². The molecular weight excluding hydrogens is 501 g/mol. The fraction of sp³-hybridized carbons (Fsp3) is 0.609. The van der Waals surface area contributed by atoms with Crippen LogP contribution in [0.3, 0.4) is 0 Å². The molecule has 0 aromatic carbocycles. The summed E-state index contributed by atoms with van der Waals surface area (Å²) < 4.78 is 1.95. The van der Waals surface area contributed by atoms with Gasteiger partial charge in [0, 0.05) is 51.7 Å². The Morgan fingerprint density at radius 1 is 1.26 bits per heavy atom. The summed E-state index contributed by atoms with van der Waals surface area (Å²) in [5, 5.41) is 11.4. The molecule has 8 heteroatoms. The van der Waals surface area contributed by atoms with Gasteiger partial charge >= 0.3 is 0 Å². The Bertz CT molecular complexity index is 852. The van der Waals surface area contributed by atoms with Crippen LogP contribution >= 0.6 is 24.0 Å². The van der Waals surface area contributed by atoms with Crippen LogP contribution in [0.4, 0.5) is 5.82 Å². The minimum absolute atomic E-state index is 0. The predicted molar refractivity (Wildman–Crippen MR) is 139 cm³/mol. The van der Waals surface area contributed by atoms with Crippen molar-refractivity contribution in [2.75, 3.05) is 25.0 Å². The molecule has 0 radical (unpaired) electrons. The van der Waals surface area contributed by atoms with E-state index >= 15 is 0 Å². The van der Waals surface area contributed by atoms with Gasteiger partial charge in [0.25, 0.3) is 0 Å². The first-order valence-corrected chi connectivity index (χ1v) is 11.0. The second-order valence-electron chi connectivity index (χ2n) is 8.64. The number of aromatic nitrogens is 3. The topological polar surface area (TPSA) is 70.4 Å². The average molecular weight is 540 g/mol. The number of piperidine rings is 1. The van der Waals surface area contributed by atoms with Gasteiger partial charge in [0.15, 0.2) is 5.96 Å². The molecule has 1 fully saturated rings. The number of nitrogens with zero attached hydrogens (tertiary/aromatic N) is 5. The zero-order valence-electron chi connectivity index (χ0n) is 19.8.